The minimum Gasteiger partial charge on any atom is -0.507 e. The smallest absolute Gasteiger partial charge is 0.340 e. The van der Waals surface area contributed by atoms with Crippen molar-refractivity contribution in [2.45, 2.75) is 26.4 Å². The molecule has 3 aromatic carbocycles. The van der Waals surface area contributed by atoms with Gasteiger partial charge in [-0.3, -0.25) is 4.79 Å². The first kappa shape index (κ1) is 21.8. The van der Waals surface area contributed by atoms with E-state index in [1.54, 1.807) is 93.6 Å². The summed E-state index contributed by atoms with van der Waals surface area (Å²) in [5, 5.41) is 12.8. The number of anilines is 1. The monoisotopic (exact) mass is 415 g/mol. The van der Waals surface area contributed by atoms with E-state index in [-0.39, 0.29) is 17.2 Å². The fraction of sp³-hybridized carbons (Fsp3) is 0.154. The van der Waals surface area contributed by atoms with E-state index in [4.69, 9.17) is 4.74 Å². The summed E-state index contributed by atoms with van der Waals surface area (Å²) in [5.74, 6) is -0.680. The molecular weight excluding hydrogens is 390 g/mol. The summed E-state index contributed by atoms with van der Waals surface area (Å²) < 4.78 is 5.50. The van der Waals surface area contributed by atoms with Gasteiger partial charge in [-0.15, -0.1) is 0 Å². The maximum absolute atomic E-state index is 12.7. The second-order valence-electron chi connectivity index (χ2n) is 8.02. The van der Waals surface area contributed by atoms with Crippen molar-refractivity contribution in [2.75, 3.05) is 5.32 Å². The number of phenolic OH excluding ortho intramolecular Hbond substituents is 1. The normalized spacial score (nSPS) is 11.3. The number of esters is 1. The molecule has 0 saturated carbocycles. The van der Waals surface area contributed by atoms with Crippen LogP contribution in [0.2, 0.25) is 0 Å². The topological polar surface area (TPSA) is 75.6 Å². The summed E-state index contributed by atoms with van der Waals surface area (Å²) in [5.41, 5.74) is 1.84. The Kier molecular flexibility index (Phi) is 6.55. The zero-order chi connectivity index (χ0) is 22.4. The van der Waals surface area contributed by atoms with Crippen molar-refractivity contribution < 1.29 is 19.4 Å². The van der Waals surface area contributed by atoms with Crippen LogP contribution in [0.3, 0.4) is 0 Å². The molecule has 5 nitrogen and oxygen atoms in total. The Morgan fingerprint density at radius 3 is 2.26 bits per heavy atom. The Bertz CT molecular complexity index is 1110. The Labute approximate surface area is 182 Å². The van der Waals surface area contributed by atoms with Crippen LogP contribution in [0.4, 0.5) is 5.69 Å². The number of benzene rings is 3. The molecule has 0 aromatic heterocycles. The molecule has 1 amide bonds. The number of carbonyl (C=O) groups is 2. The van der Waals surface area contributed by atoms with E-state index in [0.717, 1.165) is 5.56 Å². The first-order valence-corrected chi connectivity index (χ1v) is 9.93. The summed E-state index contributed by atoms with van der Waals surface area (Å²) in [6, 6.07) is 20.8. The van der Waals surface area contributed by atoms with E-state index in [1.165, 1.54) is 0 Å². The maximum atomic E-state index is 12.7. The standard InChI is InChI=1S/C26H25NO4/c1-26(2,3)31-25(30)21-16-14-18(13-15-19-9-7-8-12-23(19)28)17-22(21)27-24(29)20-10-5-4-6-11-20/h4-17,28H,1-3H3,(H,27,29)/b15-13+. The van der Waals surface area contributed by atoms with Gasteiger partial charge in [0.1, 0.15) is 11.4 Å². The van der Waals surface area contributed by atoms with Crippen LogP contribution in [0.1, 0.15) is 52.6 Å². The third-order valence-corrected chi connectivity index (χ3v) is 4.34. The minimum atomic E-state index is -0.665. The van der Waals surface area contributed by atoms with Gasteiger partial charge in [0.05, 0.1) is 11.3 Å². The summed E-state index contributed by atoms with van der Waals surface area (Å²) in [7, 11) is 0. The van der Waals surface area contributed by atoms with Gasteiger partial charge in [-0.1, -0.05) is 54.6 Å². The Morgan fingerprint density at radius 2 is 1.58 bits per heavy atom. The van der Waals surface area contributed by atoms with Gasteiger partial charge in [-0.2, -0.15) is 0 Å². The number of rotatable bonds is 5. The number of ether oxygens (including phenoxy) is 1. The predicted molar refractivity (Wildman–Crippen MR) is 123 cm³/mol. The zero-order valence-corrected chi connectivity index (χ0v) is 17.8. The second kappa shape index (κ2) is 9.30. The van der Waals surface area contributed by atoms with Crippen LogP contribution < -0.4 is 5.32 Å². The molecule has 0 aliphatic heterocycles. The van der Waals surface area contributed by atoms with E-state index >= 15 is 0 Å². The van der Waals surface area contributed by atoms with E-state index in [0.29, 0.717) is 16.8 Å². The Morgan fingerprint density at radius 1 is 0.903 bits per heavy atom. The van der Waals surface area contributed by atoms with E-state index in [9.17, 15) is 14.7 Å². The molecule has 0 spiro atoms. The lowest BCUT2D eigenvalue weighted by Gasteiger charge is -2.21. The molecule has 0 fully saturated rings. The maximum Gasteiger partial charge on any atom is 0.340 e. The Hall–Kier alpha value is -3.86. The van der Waals surface area contributed by atoms with Gasteiger partial charge in [0, 0.05) is 11.1 Å². The lowest BCUT2D eigenvalue weighted by molar-refractivity contribution is 0.00707. The molecule has 158 valence electrons. The average Bonchev–Trinajstić information content (AvgIpc) is 2.72. The molecule has 0 radical (unpaired) electrons. The van der Waals surface area contributed by atoms with Gasteiger partial charge < -0.3 is 15.2 Å². The Balaban J connectivity index is 1.94. The molecule has 0 aliphatic rings. The largest absolute Gasteiger partial charge is 0.507 e. The number of nitrogens with one attached hydrogen (secondary N) is 1. The molecule has 3 aromatic rings. The van der Waals surface area contributed by atoms with Gasteiger partial charge in [0.2, 0.25) is 0 Å². The number of hydrogen-bond donors (Lipinski definition) is 2. The molecule has 0 unspecified atom stereocenters. The molecule has 31 heavy (non-hydrogen) atoms. The number of hydrogen-bond acceptors (Lipinski definition) is 4. The van der Waals surface area contributed by atoms with Crippen LogP contribution in [-0.4, -0.2) is 22.6 Å². The highest BCUT2D eigenvalue weighted by Crippen LogP contribution is 2.24. The molecular formula is C26H25NO4. The van der Waals surface area contributed by atoms with Crippen LogP contribution in [-0.2, 0) is 4.74 Å². The van der Waals surface area contributed by atoms with Gasteiger partial charge in [0.15, 0.2) is 0 Å². The first-order chi connectivity index (χ1) is 14.7. The molecule has 0 saturated heterocycles. The van der Waals surface area contributed by atoms with Crippen LogP contribution in [0.25, 0.3) is 12.2 Å². The highest BCUT2D eigenvalue weighted by molar-refractivity contribution is 6.08. The number of phenols is 1. The number of para-hydroxylation sites is 1. The fourth-order valence-electron chi connectivity index (χ4n) is 2.88. The summed E-state index contributed by atoms with van der Waals surface area (Å²) in [6.45, 7) is 5.36. The number of amides is 1. The van der Waals surface area contributed by atoms with Crippen molar-refractivity contribution in [1.82, 2.24) is 0 Å². The van der Waals surface area contributed by atoms with Crippen molar-refractivity contribution in [3.63, 3.8) is 0 Å². The van der Waals surface area contributed by atoms with E-state index < -0.39 is 11.6 Å². The van der Waals surface area contributed by atoms with Crippen LogP contribution >= 0.6 is 0 Å². The van der Waals surface area contributed by atoms with Crippen molar-refractivity contribution in [1.29, 1.82) is 0 Å². The average molecular weight is 415 g/mol. The van der Waals surface area contributed by atoms with Gasteiger partial charge in [0.25, 0.3) is 5.91 Å². The summed E-state index contributed by atoms with van der Waals surface area (Å²) >= 11 is 0. The number of aromatic hydroxyl groups is 1. The minimum absolute atomic E-state index is 0.168. The van der Waals surface area contributed by atoms with Gasteiger partial charge in [-0.05, 0) is 56.7 Å². The zero-order valence-electron chi connectivity index (χ0n) is 17.8. The van der Waals surface area contributed by atoms with Crippen molar-refractivity contribution in [2.24, 2.45) is 0 Å². The van der Waals surface area contributed by atoms with Crippen LogP contribution in [0.5, 0.6) is 5.75 Å². The highest BCUT2D eigenvalue weighted by atomic mass is 16.6. The van der Waals surface area contributed by atoms with E-state index in [1.807, 2.05) is 12.1 Å². The van der Waals surface area contributed by atoms with Crippen molar-refractivity contribution in [3.05, 3.63) is 95.1 Å². The molecule has 5 heteroatoms. The second-order valence-corrected chi connectivity index (χ2v) is 8.02. The van der Waals surface area contributed by atoms with E-state index in [2.05, 4.69) is 5.32 Å². The third-order valence-electron chi connectivity index (χ3n) is 4.34. The highest BCUT2D eigenvalue weighted by Gasteiger charge is 2.21. The number of carbonyl (C=O) groups excluding carboxylic acids is 2. The lowest BCUT2D eigenvalue weighted by Crippen LogP contribution is -2.25. The van der Waals surface area contributed by atoms with Crippen LogP contribution in [0, 0.1) is 0 Å². The molecule has 0 bridgehead atoms. The summed E-state index contributed by atoms with van der Waals surface area (Å²) in [4.78, 5) is 25.4. The summed E-state index contributed by atoms with van der Waals surface area (Å²) in [6.07, 6.45) is 3.56. The molecule has 0 atom stereocenters. The van der Waals surface area contributed by atoms with Gasteiger partial charge in [-0.25, -0.2) is 4.79 Å². The lowest BCUT2D eigenvalue weighted by atomic mass is 10.1. The fourth-order valence-corrected chi connectivity index (χ4v) is 2.88. The quantitative estimate of drug-likeness (QED) is 0.410. The third kappa shape index (κ3) is 6.06. The first-order valence-electron chi connectivity index (χ1n) is 9.93. The molecule has 3 rings (SSSR count). The molecule has 0 aliphatic carbocycles. The SMILES string of the molecule is CC(C)(C)OC(=O)c1ccc(/C=C/c2ccccc2O)cc1NC(=O)c1ccccc1. The van der Waals surface area contributed by atoms with Crippen molar-refractivity contribution in [3.8, 4) is 5.75 Å². The molecule has 0 heterocycles. The van der Waals surface area contributed by atoms with Gasteiger partial charge >= 0.3 is 5.97 Å². The van der Waals surface area contributed by atoms with Crippen molar-refractivity contribution >= 4 is 29.7 Å². The van der Waals surface area contributed by atoms with Crippen LogP contribution in [0.15, 0.2) is 72.8 Å². The predicted octanol–water partition coefficient (Wildman–Crippen LogP) is 5.77. The molecule has 2 N–H and O–H groups in total.